The van der Waals surface area contributed by atoms with Crippen LogP contribution in [0.4, 0.5) is 0 Å². The highest BCUT2D eigenvalue weighted by Gasteiger charge is 2.11. The standard InChI is InChI=1S/C15H14Cl2O2/c1-8-3-14(18)10(6-12(8)16)5-11-7-13(17)9(2)4-15(11)19/h3-4,6-7,18-19H,5H2,1-2H3. The summed E-state index contributed by atoms with van der Waals surface area (Å²) >= 11 is 12.1. The van der Waals surface area contributed by atoms with Crippen molar-refractivity contribution in [3.05, 3.63) is 56.6 Å². The van der Waals surface area contributed by atoms with E-state index in [0.717, 1.165) is 11.1 Å². The van der Waals surface area contributed by atoms with Crippen molar-refractivity contribution in [1.82, 2.24) is 0 Å². The van der Waals surface area contributed by atoms with E-state index in [1.807, 2.05) is 13.8 Å². The van der Waals surface area contributed by atoms with Crippen molar-refractivity contribution in [3.63, 3.8) is 0 Å². The summed E-state index contributed by atoms with van der Waals surface area (Å²) in [6.45, 7) is 3.65. The summed E-state index contributed by atoms with van der Waals surface area (Å²) in [7, 11) is 0. The number of benzene rings is 2. The number of phenolic OH excluding ortho intramolecular Hbond substituents is 2. The Morgan fingerprint density at radius 3 is 1.53 bits per heavy atom. The fourth-order valence-electron chi connectivity index (χ4n) is 1.90. The van der Waals surface area contributed by atoms with Gasteiger partial charge in [-0.2, -0.15) is 0 Å². The molecule has 2 aromatic rings. The lowest BCUT2D eigenvalue weighted by Crippen LogP contribution is -1.92. The van der Waals surface area contributed by atoms with Gasteiger partial charge in [0.15, 0.2) is 0 Å². The zero-order valence-electron chi connectivity index (χ0n) is 10.7. The molecule has 0 saturated carbocycles. The monoisotopic (exact) mass is 296 g/mol. The molecule has 0 bridgehead atoms. The first kappa shape index (κ1) is 14.0. The van der Waals surface area contributed by atoms with Gasteiger partial charge in [-0.05, 0) is 60.4 Å². The molecule has 0 heterocycles. The van der Waals surface area contributed by atoms with E-state index >= 15 is 0 Å². The van der Waals surface area contributed by atoms with Gasteiger partial charge >= 0.3 is 0 Å². The number of hydrogen-bond acceptors (Lipinski definition) is 2. The minimum Gasteiger partial charge on any atom is -0.508 e. The first-order valence-corrected chi connectivity index (χ1v) is 6.60. The van der Waals surface area contributed by atoms with Crippen LogP contribution in [0, 0.1) is 13.8 Å². The van der Waals surface area contributed by atoms with Gasteiger partial charge < -0.3 is 10.2 Å². The molecule has 0 spiro atoms. The quantitative estimate of drug-likeness (QED) is 0.849. The van der Waals surface area contributed by atoms with Gasteiger partial charge in [0.05, 0.1) is 0 Å². The van der Waals surface area contributed by atoms with Gasteiger partial charge in [0.2, 0.25) is 0 Å². The Bertz CT molecular complexity index is 581. The highest BCUT2D eigenvalue weighted by atomic mass is 35.5. The second kappa shape index (κ2) is 5.32. The maximum atomic E-state index is 9.92. The third-order valence-electron chi connectivity index (χ3n) is 3.10. The highest BCUT2D eigenvalue weighted by Crippen LogP contribution is 2.32. The van der Waals surface area contributed by atoms with Crippen molar-refractivity contribution in [1.29, 1.82) is 0 Å². The lowest BCUT2D eigenvalue weighted by Gasteiger charge is -2.10. The molecule has 0 saturated heterocycles. The largest absolute Gasteiger partial charge is 0.508 e. The van der Waals surface area contributed by atoms with Gasteiger partial charge in [-0.15, -0.1) is 0 Å². The number of hydrogen-bond donors (Lipinski definition) is 2. The van der Waals surface area contributed by atoms with Crippen LogP contribution in [0.25, 0.3) is 0 Å². The van der Waals surface area contributed by atoms with Crippen LogP contribution in [0.2, 0.25) is 10.0 Å². The second-order valence-corrected chi connectivity index (χ2v) is 5.45. The van der Waals surface area contributed by atoms with Gasteiger partial charge in [-0.3, -0.25) is 0 Å². The number of aromatic hydroxyl groups is 2. The first-order valence-electron chi connectivity index (χ1n) is 5.84. The van der Waals surface area contributed by atoms with Crippen molar-refractivity contribution in [3.8, 4) is 11.5 Å². The maximum absolute atomic E-state index is 9.92. The molecule has 0 aliphatic rings. The molecule has 4 heteroatoms. The van der Waals surface area contributed by atoms with Crippen LogP contribution in [0.1, 0.15) is 22.3 Å². The average Bonchev–Trinajstić information content (AvgIpc) is 2.32. The fourth-order valence-corrected chi connectivity index (χ4v) is 2.28. The molecule has 0 aromatic heterocycles. The topological polar surface area (TPSA) is 40.5 Å². The van der Waals surface area contributed by atoms with Gasteiger partial charge in [-0.1, -0.05) is 23.2 Å². The van der Waals surface area contributed by atoms with E-state index in [1.54, 1.807) is 24.3 Å². The van der Waals surface area contributed by atoms with E-state index in [0.29, 0.717) is 27.6 Å². The first-order chi connectivity index (χ1) is 8.88. The van der Waals surface area contributed by atoms with Crippen molar-refractivity contribution < 1.29 is 10.2 Å². The van der Waals surface area contributed by atoms with Crippen molar-refractivity contribution in [2.75, 3.05) is 0 Å². The summed E-state index contributed by atoms with van der Waals surface area (Å²) in [5, 5.41) is 21.0. The number of phenols is 2. The minimum absolute atomic E-state index is 0.165. The van der Waals surface area contributed by atoms with E-state index in [1.165, 1.54) is 0 Å². The third-order valence-corrected chi connectivity index (χ3v) is 3.92. The van der Waals surface area contributed by atoms with E-state index in [2.05, 4.69) is 0 Å². The Morgan fingerprint density at radius 1 is 0.789 bits per heavy atom. The molecule has 0 atom stereocenters. The van der Waals surface area contributed by atoms with Crippen molar-refractivity contribution in [2.45, 2.75) is 20.3 Å². The Kier molecular flexibility index (Phi) is 3.93. The van der Waals surface area contributed by atoms with Gasteiger partial charge in [-0.25, -0.2) is 0 Å². The molecule has 0 radical (unpaired) electrons. The average molecular weight is 297 g/mol. The van der Waals surface area contributed by atoms with Crippen LogP contribution < -0.4 is 0 Å². The lowest BCUT2D eigenvalue weighted by molar-refractivity contribution is 0.462. The van der Waals surface area contributed by atoms with E-state index in [9.17, 15) is 10.2 Å². The molecule has 2 N–H and O–H groups in total. The van der Waals surface area contributed by atoms with E-state index in [4.69, 9.17) is 23.2 Å². The normalized spacial score (nSPS) is 10.7. The molecule has 2 aromatic carbocycles. The lowest BCUT2D eigenvalue weighted by atomic mass is 10.0. The molecular formula is C15H14Cl2O2. The van der Waals surface area contributed by atoms with E-state index < -0.39 is 0 Å². The molecule has 0 aliphatic heterocycles. The van der Waals surface area contributed by atoms with Crippen LogP contribution in [0.3, 0.4) is 0 Å². The Balaban J connectivity index is 2.42. The Morgan fingerprint density at radius 2 is 1.16 bits per heavy atom. The highest BCUT2D eigenvalue weighted by molar-refractivity contribution is 6.31. The summed E-state index contributed by atoms with van der Waals surface area (Å²) < 4.78 is 0. The maximum Gasteiger partial charge on any atom is 0.119 e. The van der Waals surface area contributed by atoms with Gasteiger partial charge in [0.25, 0.3) is 0 Å². The van der Waals surface area contributed by atoms with Crippen LogP contribution in [-0.2, 0) is 6.42 Å². The zero-order valence-corrected chi connectivity index (χ0v) is 12.2. The summed E-state index contributed by atoms with van der Waals surface area (Å²) in [5.41, 5.74) is 2.94. The molecule has 0 aliphatic carbocycles. The molecule has 0 unspecified atom stereocenters. The number of rotatable bonds is 2. The number of halogens is 2. The third kappa shape index (κ3) is 2.96. The summed E-state index contributed by atoms with van der Waals surface area (Å²) in [6.07, 6.45) is 0.373. The smallest absolute Gasteiger partial charge is 0.119 e. The molecule has 19 heavy (non-hydrogen) atoms. The SMILES string of the molecule is Cc1cc(O)c(Cc2cc(Cl)c(C)cc2O)cc1Cl. The minimum atomic E-state index is 0.165. The van der Waals surface area contributed by atoms with Crippen molar-refractivity contribution >= 4 is 23.2 Å². The molecule has 2 nitrogen and oxygen atoms in total. The Labute approximate surface area is 122 Å². The second-order valence-electron chi connectivity index (χ2n) is 4.64. The molecular weight excluding hydrogens is 283 g/mol. The fraction of sp³-hybridized carbons (Fsp3) is 0.200. The predicted octanol–water partition coefficient (Wildman–Crippen LogP) is 4.61. The van der Waals surface area contributed by atoms with Crippen LogP contribution in [0.5, 0.6) is 11.5 Å². The Hall–Kier alpha value is -1.38. The van der Waals surface area contributed by atoms with E-state index in [-0.39, 0.29) is 11.5 Å². The van der Waals surface area contributed by atoms with Crippen LogP contribution in [-0.4, -0.2) is 10.2 Å². The van der Waals surface area contributed by atoms with Crippen LogP contribution >= 0.6 is 23.2 Å². The molecule has 100 valence electrons. The van der Waals surface area contributed by atoms with Crippen molar-refractivity contribution in [2.24, 2.45) is 0 Å². The van der Waals surface area contributed by atoms with Crippen LogP contribution in [0.15, 0.2) is 24.3 Å². The van der Waals surface area contributed by atoms with Gasteiger partial charge in [0, 0.05) is 16.5 Å². The summed E-state index contributed by atoms with van der Waals surface area (Å²) in [4.78, 5) is 0. The number of aryl methyl sites for hydroxylation is 2. The van der Waals surface area contributed by atoms with Gasteiger partial charge in [0.1, 0.15) is 11.5 Å². The predicted molar refractivity (Wildman–Crippen MR) is 78.5 cm³/mol. The molecule has 0 fully saturated rings. The molecule has 2 rings (SSSR count). The zero-order chi connectivity index (χ0) is 14.2. The summed E-state index contributed by atoms with van der Waals surface area (Å²) in [6, 6.07) is 6.65. The molecule has 0 amide bonds. The summed E-state index contributed by atoms with van der Waals surface area (Å²) in [5.74, 6) is 0.330.